The standard InChI is InChI=1S/C20H27N5O4/c1-13-9-15(23-19(22-13)25-7-5-6-8-25)12-21-20(26)24-14-10-16(27-2)18(29-4)17(11-14)28-3/h9-11H,5-8,12H2,1-4H3,(H2,21,24,26). The Morgan fingerprint density at radius 2 is 1.69 bits per heavy atom. The van der Waals surface area contributed by atoms with E-state index < -0.39 is 0 Å². The van der Waals surface area contributed by atoms with Gasteiger partial charge in [-0.1, -0.05) is 0 Å². The summed E-state index contributed by atoms with van der Waals surface area (Å²) in [6, 6.07) is 4.85. The van der Waals surface area contributed by atoms with Crippen molar-refractivity contribution in [3.63, 3.8) is 0 Å². The molecule has 0 aliphatic carbocycles. The summed E-state index contributed by atoms with van der Waals surface area (Å²) < 4.78 is 15.9. The van der Waals surface area contributed by atoms with E-state index in [1.54, 1.807) is 12.1 Å². The topological polar surface area (TPSA) is 97.8 Å². The normalized spacial score (nSPS) is 13.2. The number of anilines is 2. The van der Waals surface area contributed by atoms with Crippen LogP contribution in [0, 0.1) is 6.92 Å². The molecule has 3 rings (SSSR count). The maximum atomic E-state index is 12.4. The maximum absolute atomic E-state index is 12.4. The molecule has 1 fully saturated rings. The third-order valence-corrected chi connectivity index (χ3v) is 4.64. The highest BCUT2D eigenvalue weighted by molar-refractivity contribution is 5.90. The van der Waals surface area contributed by atoms with Crippen molar-refractivity contribution in [3.8, 4) is 17.2 Å². The van der Waals surface area contributed by atoms with E-state index in [1.807, 2.05) is 13.0 Å². The lowest BCUT2D eigenvalue weighted by Gasteiger charge is -2.17. The summed E-state index contributed by atoms with van der Waals surface area (Å²) in [4.78, 5) is 23.6. The highest BCUT2D eigenvalue weighted by atomic mass is 16.5. The van der Waals surface area contributed by atoms with Gasteiger partial charge in [-0.3, -0.25) is 0 Å². The second kappa shape index (κ2) is 9.31. The van der Waals surface area contributed by atoms with Crippen molar-refractivity contribution >= 4 is 17.7 Å². The van der Waals surface area contributed by atoms with Crippen molar-refractivity contribution in [2.24, 2.45) is 0 Å². The number of rotatable bonds is 7. The van der Waals surface area contributed by atoms with Gasteiger partial charge in [-0.25, -0.2) is 14.8 Å². The fraction of sp³-hybridized carbons (Fsp3) is 0.450. The van der Waals surface area contributed by atoms with Crippen LogP contribution < -0.4 is 29.7 Å². The number of ether oxygens (including phenoxy) is 3. The summed E-state index contributed by atoms with van der Waals surface area (Å²) in [7, 11) is 4.58. The van der Waals surface area contributed by atoms with Gasteiger partial charge in [-0.05, 0) is 25.8 Å². The lowest BCUT2D eigenvalue weighted by Crippen LogP contribution is -2.29. The number of benzene rings is 1. The van der Waals surface area contributed by atoms with Crippen LogP contribution in [0.4, 0.5) is 16.4 Å². The number of nitrogens with zero attached hydrogens (tertiary/aromatic N) is 3. The number of amides is 2. The summed E-state index contributed by atoms with van der Waals surface area (Å²) in [5.74, 6) is 2.11. The van der Waals surface area contributed by atoms with Crippen LogP contribution in [0.3, 0.4) is 0 Å². The van der Waals surface area contributed by atoms with Crippen LogP contribution in [0.25, 0.3) is 0 Å². The second-order valence-electron chi connectivity index (χ2n) is 6.72. The number of aryl methyl sites for hydroxylation is 1. The fourth-order valence-corrected chi connectivity index (χ4v) is 3.27. The smallest absolute Gasteiger partial charge is 0.319 e. The molecule has 0 unspecified atom stereocenters. The summed E-state index contributed by atoms with van der Waals surface area (Å²) in [5, 5.41) is 5.60. The molecule has 1 saturated heterocycles. The van der Waals surface area contributed by atoms with E-state index in [-0.39, 0.29) is 6.03 Å². The van der Waals surface area contributed by atoms with Gasteiger partial charge in [-0.15, -0.1) is 0 Å². The van der Waals surface area contributed by atoms with Gasteiger partial charge in [0.2, 0.25) is 11.7 Å². The third kappa shape index (κ3) is 4.98. The van der Waals surface area contributed by atoms with Crippen molar-refractivity contribution < 1.29 is 19.0 Å². The molecule has 9 heteroatoms. The van der Waals surface area contributed by atoms with Crippen molar-refractivity contribution in [2.45, 2.75) is 26.3 Å². The van der Waals surface area contributed by atoms with Crippen LogP contribution in [-0.4, -0.2) is 50.4 Å². The van der Waals surface area contributed by atoms with Crippen molar-refractivity contribution in [1.82, 2.24) is 15.3 Å². The molecular weight excluding hydrogens is 374 g/mol. The lowest BCUT2D eigenvalue weighted by molar-refractivity contribution is 0.251. The predicted octanol–water partition coefficient (Wildman–Crippen LogP) is 2.73. The van der Waals surface area contributed by atoms with Gasteiger partial charge in [0.1, 0.15) is 0 Å². The molecule has 1 aromatic heterocycles. The highest BCUT2D eigenvalue weighted by Gasteiger charge is 2.17. The number of nitrogens with one attached hydrogen (secondary N) is 2. The van der Waals surface area contributed by atoms with Crippen LogP contribution in [0.5, 0.6) is 17.2 Å². The fourth-order valence-electron chi connectivity index (χ4n) is 3.27. The molecule has 2 heterocycles. The lowest BCUT2D eigenvalue weighted by atomic mass is 10.2. The van der Waals surface area contributed by atoms with E-state index >= 15 is 0 Å². The Kier molecular flexibility index (Phi) is 6.58. The first kappa shape index (κ1) is 20.5. The largest absolute Gasteiger partial charge is 0.493 e. The minimum Gasteiger partial charge on any atom is -0.493 e. The zero-order chi connectivity index (χ0) is 20.8. The number of carbonyl (C=O) groups is 1. The Hall–Kier alpha value is -3.23. The average Bonchev–Trinajstić information content (AvgIpc) is 3.26. The second-order valence-corrected chi connectivity index (χ2v) is 6.72. The molecule has 0 radical (unpaired) electrons. The van der Waals surface area contributed by atoms with Gasteiger partial charge >= 0.3 is 6.03 Å². The van der Waals surface area contributed by atoms with Gasteiger partial charge in [0, 0.05) is 30.9 Å². The first-order valence-electron chi connectivity index (χ1n) is 9.48. The minimum atomic E-state index is -0.363. The molecule has 0 bridgehead atoms. The SMILES string of the molecule is COc1cc(NC(=O)NCc2cc(C)nc(N3CCCC3)n2)cc(OC)c1OC. The third-order valence-electron chi connectivity index (χ3n) is 4.64. The average molecular weight is 401 g/mol. The van der Waals surface area contributed by atoms with Gasteiger partial charge in [0.25, 0.3) is 0 Å². The highest BCUT2D eigenvalue weighted by Crippen LogP contribution is 2.39. The van der Waals surface area contributed by atoms with Crippen LogP contribution in [-0.2, 0) is 6.54 Å². The maximum Gasteiger partial charge on any atom is 0.319 e. The molecule has 0 saturated carbocycles. The Morgan fingerprint density at radius 1 is 1.03 bits per heavy atom. The molecule has 1 aliphatic rings. The number of methoxy groups -OCH3 is 3. The summed E-state index contributed by atoms with van der Waals surface area (Å²) in [5.41, 5.74) is 2.16. The van der Waals surface area contributed by atoms with Crippen molar-refractivity contribution in [1.29, 1.82) is 0 Å². The minimum absolute atomic E-state index is 0.292. The molecule has 156 valence electrons. The first-order chi connectivity index (χ1) is 14.0. The Balaban J connectivity index is 1.66. The van der Waals surface area contributed by atoms with E-state index in [2.05, 4.69) is 25.5 Å². The zero-order valence-electron chi connectivity index (χ0n) is 17.2. The van der Waals surface area contributed by atoms with E-state index in [0.717, 1.165) is 43.3 Å². The van der Waals surface area contributed by atoms with Gasteiger partial charge in [0.15, 0.2) is 11.5 Å². The molecule has 29 heavy (non-hydrogen) atoms. The van der Waals surface area contributed by atoms with Gasteiger partial charge in [-0.2, -0.15) is 0 Å². The molecule has 2 aromatic rings. The van der Waals surface area contributed by atoms with Gasteiger partial charge < -0.3 is 29.7 Å². The molecule has 0 atom stereocenters. The molecule has 1 aromatic carbocycles. The van der Waals surface area contributed by atoms with Crippen molar-refractivity contribution in [3.05, 3.63) is 29.6 Å². The molecule has 0 spiro atoms. The Labute approximate surface area is 170 Å². The van der Waals surface area contributed by atoms with Crippen LogP contribution >= 0.6 is 0 Å². The Bertz CT molecular complexity index is 843. The molecule has 9 nitrogen and oxygen atoms in total. The van der Waals surface area contributed by atoms with E-state index in [0.29, 0.717) is 29.5 Å². The first-order valence-corrected chi connectivity index (χ1v) is 9.48. The van der Waals surface area contributed by atoms with Crippen LogP contribution in [0.1, 0.15) is 24.2 Å². The summed E-state index contributed by atoms with van der Waals surface area (Å²) in [6.07, 6.45) is 2.31. The van der Waals surface area contributed by atoms with Crippen molar-refractivity contribution in [2.75, 3.05) is 44.6 Å². The summed E-state index contributed by atoms with van der Waals surface area (Å²) >= 11 is 0. The molecule has 2 amide bonds. The number of hydrogen-bond acceptors (Lipinski definition) is 7. The Morgan fingerprint density at radius 3 is 2.28 bits per heavy atom. The number of carbonyl (C=O) groups excluding carboxylic acids is 1. The van der Waals surface area contributed by atoms with E-state index in [4.69, 9.17) is 14.2 Å². The van der Waals surface area contributed by atoms with E-state index in [9.17, 15) is 4.79 Å². The predicted molar refractivity (Wildman–Crippen MR) is 110 cm³/mol. The number of aromatic nitrogens is 2. The molecular formula is C20H27N5O4. The quantitative estimate of drug-likeness (QED) is 0.736. The zero-order valence-corrected chi connectivity index (χ0v) is 17.2. The molecule has 2 N–H and O–H groups in total. The van der Waals surface area contributed by atoms with Crippen LogP contribution in [0.2, 0.25) is 0 Å². The number of hydrogen-bond donors (Lipinski definition) is 2. The van der Waals surface area contributed by atoms with Crippen LogP contribution in [0.15, 0.2) is 18.2 Å². The molecule has 1 aliphatic heterocycles. The van der Waals surface area contributed by atoms with E-state index in [1.165, 1.54) is 21.3 Å². The number of urea groups is 1. The van der Waals surface area contributed by atoms with Gasteiger partial charge in [0.05, 0.1) is 39.3 Å². The summed E-state index contributed by atoms with van der Waals surface area (Å²) in [6.45, 7) is 4.16. The monoisotopic (exact) mass is 401 g/mol.